The van der Waals surface area contributed by atoms with Crippen LogP contribution in [0, 0.1) is 6.92 Å². The van der Waals surface area contributed by atoms with Crippen molar-refractivity contribution in [2.24, 2.45) is 0 Å². The summed E-state index contributed by atoms with van der Waals surface area (Å²) in [6.45, 7) is 10.2. The first-order valence-corrected chi connectivity index (χ1v) is 10.3. The second-order valence-electron chi connectivity index (χ2n) is 7.20. The zero-order valence-corrected chi connectivity index (χ0v) is 17.5. The Morgan fingerprint density at radius 3 is 2.07 bits per heavy atom. The zero-order chi connectivity index (χ0) is 20.8. The lowest BCUT2D eigenvalue weighted by atomic mass is 10.1. The Labute approximate surface area is 172 Å². The Hall–Kier alpha value is -2.96. The van der Waals surface area contributed by atoms with Gasteiger partial charge in [0.05, 0.1) is 11.9 Å². The molecule has 2 heterocycles. The molecule has 2 aromatic rings. The molecule has 0 unspecified atom stereocenters. The summed E-state index contributed by atoms with van der Waals surface area (Å²) in [6, 6.07) is 7.80. The lowest BCUT2D eigenvalue weighted by molar-refractivity contribution is 0.0715. The number of carbonyl (C=O) groups is 2. The normalized spacial score (nSPS) is 14.4. The molecule has 0 atom stereocenters. The Balaban J connectivity index is 1.63. The Morgan fingerprint density at radius 2 is 1.52 bits per heavy atom. The SMILES string of the molecule is CCN(CC)c1ccc(C(=O)N2CCCN(C(=O)c3cnc(C)cn3)CC2)cc1. The molecule has 1 saturated heterocycles. The predicted molar refractivity (Wildman–Crippen MR) is 113 cm³/mol. The highest BCUT2D eigenvalue weighted by atomic mass is 16.2. The fourth-order valence-electron chi connectivity index (χ4n) is 3.57. The highest BCUT2D eigenvalue weighted by molar-refractivity contribution is 5.95. The van der Waals surface area contributed by atoms with E-state index in [1.165, 1.54) is 6.20 Å². The second kappa shape index (κ2) is 9.49. The van der Waals surface area contributed by atoms with Crippen molar-refractivity contribution >= 4 is 17.5 Å². The van der Waals surface area contributed by atoms with Gasteiger partial charge in [-0.1, -0.05) is 0 Å². The molecule has 1 aliphatic heterocycles. The molecule has 1 aromatic heterocycles. The van der Waals surface area contributed by atoms with Crippen LogP contribution in [0.3, 0.4) is 0 Å². The largest absolute Gasteiger partial charge is 0.372 e. The molecule has 7 nitrogen and oxygen atoms in total. The van der Waals surface area contributed by atoms with Crippen LogP contribution < -0.4 is 4.90 Å². The van der Waals surface area contributed by atoms with E-state index in [-0.39, 0.29) is 11.8 Å². The number of anilines is 1. The van der Waals surface area contributed by atoms with E-state index in [9.17, 15) is 9.59 Å². The number of benzene rings is 1. The third-order valence-electron chi connectivity index (χ3n) is 5.31. The minimum atomic E-state index is -0.129. The molecule has 0 N–H and O–H groups in total. The van der Waals surface area contributed by atoms with Gasteiger partial charge in [-0.15, -0.1) is 0 Å². The van der Waals surface area contributed by atoms with Crippen LogP contribution in [0.25, 0.3) is 0 Å². The van der Waals surface area contributed by atoms with Gasteiger partial charge in [-0.2, -0.15) is 0 Å². The van der Waals surface area contributed by atoms with E-state index in [0.717, 1.165) is 30.9 Å². The molecule has 0 spiro atoms. The first kappa shape index (κ1) is 20.8. The van der Waals surface area contributed by atoms with Gasteiger partial charge in [-0.05, 0) is 51.5 Å². The Bertz CT molecular complexity index is 831. The van der Waals surface area contributed by atoms with Crippen LogP contribution in [-0.2, 0) is 0 Å². The number of rotatable bonds is 5. The fourth-order valence-corrected chi connectivity index (χ4v) is 3.57. The van der Waals surface area contributed by atoms with E-state index in [1.807, 2.05) is 36.1 Å². The standard InChI is InChI=1S/C22H29N5O2/c1-4-25(5-2)19-9-7-18(8-10-19)21(28)26-11-6-12-27(14-13-26)22(29)20-16-23-17(3)15-24-20/h7-10,15-16H,4-6,11-14H2,1-3H3. The molecular formula is C22H29N5O2. The maximum Gasteiger partial charge on any atom is 0.274 e. The summed E-state index contributed by atoms with van der Waals surface area (Å²) in [5.74, 6) is -0.115. The molecular weight excluding hydrogens is 366 g/mol. The lowest BCUT2D eigenvalue weighted by Gasteiger charge is -2.23. The van der Waals surface area contributed by atoms with Gasteiger partial charge < -0.3 is 14.7 Å². The van der Waals surface area contributed by atoms with Gasteiger partial charge in [0.1, 0.15) is 5.69 Å². The Kier molecular flexibility index (Phi) is 6.80. The minimum absolute atomic E-state index is 0.0144. The van der Waals surface area contributed by atoms with Crippen LogP contribution in [0.1, 0.15) is 46.8 Å². The molecule has 29 heavy (non-hydrogen) atoms. The van der Waals surface area contributed by atoms with Crippen LogP contribution in [0.5, 0.6) is 0 Å². The summed E-state index contributed by atoms with van der Waals surface area (Å²) >= 11 is 0. The fraction of sp³-hybridized carbons (Fsp3) is 0.455. The average molecular weight is 396 g/mol. The highest BCUT2D eigenvalue weighted by Gasteiger charge is 2.24. The monoisotopic (exact) mass is 395 g/mol. The van der Waals surface area contributed by atoms with Crippen molar-refractivity contribution in [1.29, 1.82) is 0 Å². The third-order valence-corrected chi connectivity index (χ3v) is 5.31. The summed E-state index contributed by atoms with van der Waals surface area (Å²) in [7, 11) is 0. The first-order valence-electron chi connectivity index (χ1n) is 10.3. The van der Waals surface area contributed by atoms with Gasteiger partial charge in [-0.25, -0.2) is 4.98 Å². The smallest absolute Gasteiger partial charge is 0.274 e. The second-order valence-corrected chi connectivity index (χ2v) is 7.20. The number of hydrogen-bond donors (Lipinski definition) is 0. The minimum Gasteiger partial charge on any atom is -0.372 e. The van der Waals surface area contributed by atoms with E-state index < -0.39 is 0 Å². The highest BCUT2D eigenvalue weighted by Crippen LogP contribution is 2.17. The van der Waals surface area contributed by atoms with Gasteiger partial charge in [0, 0.05) is 56.7 Å². The molecule has 7 heteroatoms. The van der Waals surface area contributed by atoms with Crippen LogP contribution in [0.2, 0.25) is 0 Å². The zero-order valence-electron chi connectivity index (χ0n) is 17.5. The van der Waals surface area contributed by atoms with Gasteiger partial charge in [0.25, 0.3) is 11.8 Å². The summed E-state index contributed by atoms with van der Waals surface area (Å²) in [6.07, 6.45) is 3.86. The number of aromatic nitrogens is 2. The molecule has 2 amide bonds. The molecule has 1 fully saturated rings. The molecule has 154 valence electrons. The molecule has 0 aliphatic carbocycles. The van der Waals surface area contributed by atoms with Gasteiger partial charge >= 0.3 is 0 Å². The number of carbonyl (C=O) groups excluding carboxylic acids is 2. The van der Waals surface area contributed by atoms with Crippen LogP contribution in [-0.4, -0.2) is 70.9 Å². The van der Waals surface area contributed by atoms with Gasteiger partial charge in [-0.3, -0.25) is 14.6 Å². The van der Waals surface area contributed by atoms with Gasteiger partial charge in [0.2, 0.25) is 0 Å². The van der Waals surface area contributed by atoms with E-state index >= 15 is 0 Å². The molecule has 0 bridgehead atoms. The number of aryl methyl sites for hydroxylation is 1. The van der Waals surface area contributed by atoms with E-state index in [4.69, 9.17) is 0 Å². The van der Waals surface area contributed by atoms with Crippen molar-refractivity contribution in [1.82, 2.24) is 19.8 Å². The van der Waals surface area contributed by atoms with Crippen molar-refractivity contribution in [3.63, 3.8) is 0 Å². The maximum absolute atomic E-state index is 12.9. The van der Waals surface area contributed by atoms with Crippen molar-refractivity contribution in [3.8, 4) is 0 Å². The maximum atomic E-state index is 12.9. The van der Waals surface area contributed by atoms with Crippen molar-refractivity contribution in [3.05, 3.63) is 53.6 Å². The topological polar surface area (TPSA) is 69.6 Å². The molecule has 3 rings (SSSR count). The number of amides is 2. The lowest BCUT2D eigenvalue weighted by Crippen LogP contribution is -2.37. The quantitative estimate of drug-likeness (QED) is 0.778. The Morgan fingerprint density at radius 1 is 0.897 bits per heavy atom. The van der Waals surface area contributed by atoms with Crippen molar-refractivity contribution in [2.45, 2.75) is 27.2 Å². The summed E-state index contributed by atoms with van der Waals surface area (Å²) < 4.78 is 0. The van der Waals surface area contributed by atoms with Gasteiger partial charge in [0.15, 0.2) is 0 Å². The van der Waals surface area contributed by atoms with Crippen molar-refractivity contribution in [2.75, 3.05) is 44.2 Å². The van der Waals surface area contributed by atoms with E-state index in [1.54, 1.807) is 11.1 Å². The number of nitrogens with zero attached hydrogens (tertiary/aromatic N) is 5. The molecule has 1 aromatic carbocycles. The summed E-state index contributed by atoms with van der Waals surface area (Å²) in [4.78, 5) is 39.8. The number of hydrogen-bond acceptors (Lipinski definition) is 5. The third kappa shape index (κ3) is 4.91. The predicted octanol–water partition coefficient (Wildman–Crippen LogP) is 2.62. The first-order chi connectivity index (χ1) is 14.0. The van der Waals surface area contributed by atoms with Crippen LogP contribution >= 0.6 is 0 Å². The molecule has 0 saturated carbocycles. The molecule has 0 radical (unpaired) electrons. The van der Waals surface area contributed by atoms with E-state index in [0.29, 0.717) is 37.4 Å². The van der Waals surface area contributed by atoms with Crippen LogP contribution in [0.4, 0.5) is 5.69 Å². The van der Waals surface area contributed by atoms with E-state index in [2.05, 4.69) is 28.7 Å². The van der Waals surface area contributed by atoms with Crippen molar-refractivity contribution < 1.29 is 9.59 Å². The summed E-state index contributed by atoms with van der Waals surface area (Å²) in [5.41, 5.74) is 2.94. The van der Waals surface area contributed by atoms with Crippen LogP contribution in [0.15, 0.2) is 36.7 Å². The average Bonchev–Trinajstić information content (AvgIpc) is 3.01. The summed E-state index contributed by atoms with van der Waals surface area (Å²) in [5, 5.41) is 0. The molecule has 1 aliphatic rings.